The first-order valence-electron chi connectivity index (χ1n) is 8.15. The number of carbonyl (C=O) groups is 1. The van der Waals surface area contributed by atoms with Crippen LogP contribution in [0.4, 0.5) is 13.2 Å². The predicted octanol–water partition coefficient (Wildman–Crippen LogP) is 3.34. The summed E-state index contributed by atoms with van der Waals surface area (Å²) >= 11 is 0. The van der Waals surface area contributed by atoms with Crippen molar-refractivity contribution < 1.29 is 23.1 Å². The number of likely N-dealkylation sites (tertiary alicyclic amines) is 1. The van der Waals surface area contributed by atoms with E-state index in [-0.39, 0.29) is 6.54 Å². The van der Waals surface area contributed by atoms with Crippen molar-refractivity contribution in [1.29, 1.82) is 0 Å². The Kier molecular flexibility index (Phi) is 5.59. The van der Waals surface area contributed by atoms with Crippen molar-refractivity contribution in [1.82, 2.24) is 9.47 Å². The van der Waals surface area contributed by atoms with Gasteiger partial charge in [0.05, 0.1) is 0 Å². The second kappa shape index (κ2) is 7.33. The average molecular weight is 358 g/mol. The van der Waals surface area contributed by atoms with Gasteiger partial charge < -0.3 is 14.6 Å². The summed E-state index contributed by atoms with van der Waals surface area (Å²) in [6, 6.07) is 1.70. The maximum Gasteiger partial charge on any atom is 0.431 e. The molecule has 2 heterocycles. The number of hydrogen-bond donors (Lipinski definition) is 1. The molecule has 138 valence electrons. The molecule has 0 amide bonds. The van der Waals surface area contributed by atoms with Gasteiger partial charge in [-0.25, -0.2) is 4.79 Å². The molecular weight excluding hydrogens is 337 g/mol. The normalized spacial score (nSPS) is 17.5. The highest BCUT2D eigenvalue weighted by Crippen LogP contribution is 2.32. The van der Waals surface area contributed by atoms with Gasteiger partial charge >= 0.3 is 12.1 Å². The summed E-state index contributed by atoms with van der Waals surface area (Å²) in [6.07, 6.45) is -1.54. The standard InChI is InChI=1S/C17H21F3N2O3/c1-3-5-12-10-11(2)21(12)8-4-9-22-14(17(18,19)20)7-6-13(15(22)23)16(24)25/h6-7,12H,2-5,8-10H2,1H3,(H,24,25). The molecule has 0 spiro atoms. The highest BCUT2D eigenvalue weighted by molar-refractivity contribution is 5.87. The third-order valence-corrected chi connectivity index (χ3v) is 4.42. The Morgan fingerprint density at radius 3 is 2.56 bits per heavy atom. The smallest absolute Gasteiger partial charge is 0.431 e. The number of halogens is 3. The molecular formula is C17H21F3N2O3. The van der Waals surface area contributed by atoms with Crippen molar-refractivity contribution in [2.45, 2.75) is 51.4 Å². The van der Waals surface area contributed by atoms with E-state index in [1.54, 1.807) is 0 Å². The first kappa shape index (κ1) is 19.1. The lowest BCUT2D eigenvalue weighted by Gasteiger charge is -2.45. The van der Waals surface area contributed by atoms with E-state index < -0.39 is 29.0 Å². The summed E-state index contributed by atoms with van der Waals surface area (Å²) in [7, 11) is 0. The number of pyridine rings is 1. The minimum Gasteiger partial charge on any atom is -0.477 e. The SMILES string of the molecule is C=C1CC(CCC)N1CCCn1c(C(F)(F)F)ccc(C(=O)O)c1=O. The van der Waals surface area contributed by atoms with Crippen LogP contribution in [0.15, 0.2) is 29.2 Å². The lowest BCUT2D eigenvalue weighted by atomic mass is 9.95. The van der Waals surface area contributed by atoms with E-state index in [9.17, 15) is 22.8 Å². The highest BCUT2D eigenvalue weighted by Gasteiger charge is 2.35. The minimum atomic E-state index is -4.72. The molecule has 0 aromatic carbocycles. The van der Waals surface area contributed by atoms with Gasteiger partial charge in [0, 0.05) is 31.2 Å². The van der Waals surface area contributed by atoms with Gasteiger partial charge in [-0.1, -0.05) is 19.9 Å². The van der Waals surface area contributed by atoms with Crippen LogP contribution in [0, 0.1) is 0 Å². The van der Waals surface area contributed by atoms with Gasteiger partial charge in [-0.05, 0) is 25.0 Å². The minimum absolute atomic E-state index is 0.197. The van der Waals surface area contributed by atoms with Crippen LogP contribution in [0.1, 0.15) is 48.7 Å². The molecule has 1 fully saturated rings. The average Bonchev–Trinajstić information content (AvgIpc) is 2.50. The number of nitrogens with zero attached hydrogens (tertiary/aromatic N) is 2. The Labute approximate surface area is 143 Å². The number of hydrogen-bond acceptors (Lipinski definition) is 3. The van der Waals surface area contributed by atoms with Crippen molar-refractivity contribution in [2.75, 3.05) is 6.54 Å². The molecule has 0 bridgehead atoms. The summed E-state index contributed by atoms with van der Waals surface area (Å²) in [6.45, 7) is 6.27. The fourth-order valence-electron chi connectivity index (χ4n) is 3.19. The lowest BCUT2D eigenvalue weighted by Crippen LogP contribution is -2.45. The molecule has 8 heteroatoms. The fraction of sp³-hybridized carbons (Fsp3) is 0.529. The van der Waals surface area contributed by atoms with Crippen molar-refractivity contribution in [3.63, 3.8) is 0 Å². The van der Waals surface area contributed by atoms with Crippen LogP contribution in [-0.2, 0) is 12.7 Å². The van der Waals surface area contributed by atoms with Crippen molar-refractivity contribution >= 4 is 5.97 Å². The summed E-state index contributed by atoms with van der Waals surface area (Å²) in [5.74, 6) is -1.54. The third kappa shape index (κ3) is 4.05. The van der Waals surface area contributed by atoms with E-state index in [1.807, 2.05) is 4.90 Å². The zero-order chi connectivity index (χ0) is 18.8. The number of carboxylic acid groups (broad SMARTS) is 1. The van der Waals surface area contributed by atoms with E-state index in [2.05, 4.69) is 13.5 Å². The van der Waals surface area contributed by atoms with Crippen molar-refractivity contribution in [2.24, 2.45) is 0 Å². The molecule has 2 rings (SSSR count). The van der Waals surface area contributed by atoms with Gasteiger partial charge in [0.15, 0.2) is 0 Å². The second-order valence-corrected chi connectivity index (χ2v) is 6.15. The van der Waals surface area contributed by atoms with Gasteiger partial charge in [0.1, 0.15) is 11.3 Å². The van der Waals surface area contributed by atoms with Gasteiger partial charge in [-0.2, -0.15) is 13.2 Å². The van der Waals surface area contributed by atoms with Crippen LogP contribution in [0.2, 0.25) is 0 Å². The number of alkyl halides is 3. The van der Waals surface area contributed by atoms with Gasteiger partial charge in [-0.15, -0.1) is 0 Å². The molecule has 0 aliphatic carbocycles. The topological polar surface area (TPSA) is 62.5 Å². The molecule has 1 aliphatic heterocycles. The summed E-state index contributed by atoms with van der Waals surface area (Å²) in [4.78, 5) is 25.2. The molecule has 1 aromatic heterocycles. The zero-order valence-electron chi connectivity index (χ0n) is 14.0. The molecule has 5 nitrogen and oxygen atoms in total. The maximum atomic E-state index is 13.1. The molecule has 1 unspecified atom stereocenters. The number of aromatic carboxylic acids is 1. The van der Waals surface area contributed by atoms with E-state index >= 15 is 0 Å². The summed E-state index contributed by atoms with van der Waals surface area (Å²) in [5.41, 5.74) is -1.98. The molecule has 0 radical (unpaired) electrons. The van der Waals surface area contributed by atoms with Gasteiger partial charge in [0.2, 0.25) is 0 Å². The van der Waals surface area contributed by atoms with Gasteiger partial charge in [0.25, 0.3) is 5.56 Å². The second-order valence-electron chi connectivity index (χ2n) is 6.15. The number of carboxylic acids is 1. The Morgan fingerprint density at radius 2 is 2.04 bits per heavy atom. The summed E-state index contributed by atoms with van der Waals surface area (Å²) in [5, 5.41) is 8.96. The van der Waals surface area contributed by atoms with Crippen molar-refractivity contribution in [3.8, 4) is 0 Å². The first-order chi connectivity index (χ1) is 11.7. The quantitative estimate of drug-likeness (QED) is 0.812. The third-order valence-electron chi connectivity index (χ3n) is 4.42. The monoisotopic (exact) mass is 358 g/mol. The van der Waals surface area contributed by atoms with E-state index in [4.69, 9.17) is 5.11 Å². The first-order valence-corrected chi connectivity index (χ1v) is 8.15. The lowest BCUT2D eigenvalue weighted by molar-refractivity contribution is -0.144. The molecule has 1 N–H and O–H groups in total. The van der Waals surface area contributed by atoms with Crippen LogP contribution < -0.4 is 5.56 Å². The molecule has 25 heavy (non-hydrogen) atoms. The van der Waals surface area contributed by atoms with E-state index in [0.29, 0.717) is 35.7 Å². The molecule has 1 saturated heterocycles. The predicted molar refractivity (Wildman–Crippen MR) is 86.4 cm³/mol. The molecule has 1 aromatic rings. The zero-order valence-corrected chi connectivity index (χ0v) is 14.0. The van der Waals surface area contributed by atoms with Crippen LogP contribution in [0.5, 0.6) is 0 Å². The van der Waals surface area contributed by atoms with E-state index in [1.165, 1.54) is 0 Å². The van der Waals surface area contributed by atoms with Crippen LogP contribution in [0.3, 0.4) is 0 Å². The molecule has 0 saturated carbocycles. The van der Waals surface area contributed by atoms with E-state index in [0.717, 1.165) is 25.0 Å². The Bertz CT molecular complexity index is 725. The van der Waals surface area contributed by atoms with Crippen molar-refractivity contribution in [3.05, 3.63) is 46.0 Å². The maximum absolute atomic E-state index is 13.1. The molecule has 1 atom stereocenters. The van der Waals surface area contributed by atoms with Crippen LogP contribution >= 0.6 is 0 Å². The number of aromatic nitrogens is 1. The Hall–Kier alpha value is -2.25. The Balaban J connectivity index is 2.17. The van der Waals surface area contributed by atoms with Gasteiger partial charge in [-0.3, -0.25) is 4.79 Å². The largest absolute Gasteiger partial charge is 0.477 e. The van der Waals surface area contributed by atoms with Crippen LogP contribution in [0.25, 0.3) is 0 Å². The molecule has 1 aliphatic rings. The fourth-order valence-corrected chi connectivity index (χ4v) is 3.19. The summed E-state index contributed by atoms with van der Waals surface area (Å²) < 4.78 is 39.9. The van der Waals surface area contributed by atoms with Crippen LogP contribution in [-0.4, -0.2) is 33.1 Å². The Morgan fingerprint density at radius 1 is 1.36 bits per heavy atom. The highest BCUT2D eigenvalue weighted by atomic mass is 19.4. The number of rotatable bonds is 7.